The lowest BCUT2D eigenvalue weighted by atomic mass is 9.99. The van der Waals surface area contributed by atoms with Crippen LogP contribution in [0.1, 0.15) is 32.1 Å². The number of benzene rings is 1. The van der Waals surface area contributed by atoms with Gasteiger partial charge in [0.05, 0.1) is 23.6 Å². The monoisotopic (exact) mass is 473 g/mol. The summed E-state index contributed by atoms with van der Waals surface area (Å²) in [6.45, 7) is 2.29. The summed E-state index contributed by atoms with van der Waals surface area (Å²) in [5, 5.41) is 2.79. The van der Waals surface area contributed by atoms with Gasteiger partial charge in [0.1, 0.15) is 12.4 Å². The van der Waals surface area contributed by atoms with E-state index >= 15 is 0 Å². The molecule has 1 amide bonds. The second kappa shape index (κ2) is 10.3. The Balaban J connectivity index is 1.44. The summed E-state index contributed by atoms with van der Waals surface area (Å²) in [7, 11) is -6.76. The summed E-state index contributed by atoms with van der Waals surface area (Å²) in [5.41, 5.74) is 0. The SMILES string of the molecule is CS(=O)(=O)N1CCC[C@H](C(=O)NCCOc2ccc(S(=O)(=O)N3CCCCC3)cc2)C1. The lowest BCUT2D eigenvalue weighted by Crippen LogP contribution is -2.45. The summed E-state index contributed by atoms with van der Waals surface area (Å²) in [5.74, 6) is -0.0181. The molecule has 11 heteroatoms. The summed E-state index contributed by atoms with van der Waals surface area (Å²) >= 11 is 0. The van der Waals surface area contributed by atoms with Gasteiger partial charge in [0.25, 0.3) is 0 Å². The Morgan fingerprint density at radius 2 is 1.65 bits per heavy atom. The first-order valence-corrected chi connectivity index (χ1v) is 13.9. The van der Waals surface area contributed by atoms with Crippen LogP contribution in [0.3, 0.4) is 0 Å². The number of piperidine rings is 2. The molecule has 0 saturated carbocycles. The zero-order valence-electron chi connectivity index (χ0n) is 17.8. The number of hydrogen-bond donors (Lipinski definition) is 1. The van der Waals surface area contributed by atoms with E-state index in [1.165, 1.54) is 8.61 Å². The van der Waals surface area contributed by atoms with Gasteiger partial charge in [0.2, 0.25) is 26.0 Å². The van der Waals surface area contributed by atoms with Gasteiger partial charge in [0, 0.05) is 26.2 Å². The Morgan fingerprint density at radius 3 is 2.29 bits per heavy atom. The molecule has 9 nitrogen and oxygen atoms in total. The van der Waals surface area contributed by atoms with Gasteiger partial charge in [-0.3, -0.25) is 4.79 Å². The molecular formula is C20H31N3O6S2. The molecule has 0 radical (unpaired) electrons. The van der Waals surface area contributed by atoms with Crippen LogP contribution in [0.25, 0.3) is 0 Å². The molecule has 2 aliphatic heterocycles. The van der Waals surface area contributed by atoms with E-state index in [9.17, 15) is 21.6 Å². The predicted molar refractivity (Wildman–Crippen MR) is 117 cm³/mol. The maximum Gasteiger partial charge on any atom is 0.243 e. The number of carbonyl (C=O) groups is 1. The maximum absolute atomic E-state index is 12.7. The molecule has 2 fully saturated rings. The molecule has 174 valence electrons. The summed E-state index contributed by atoms with van der Waals surface area (Å²) in [6.07, 6.45) is 5.31. The Bertz CT molecular complexity index is 957. The molecule has 1 atom stereocenters. The summed E-state index contributed by atoms with van der Waals surface area (Å²) < 4.78 is 57.2. The molecule has 31 heavy (non-hydrogen) atoms. The Kier molecular flexibility index (Phi) is 7.95. The standard InChI is InChI=1S/C20H31N3O6S2/c1-30(25,26)23-14-5-6-17(16-23)20(24)21-11-15-29-18-7-9-19(10-8-18)31(27,28)22-12-3-2-4-13-22/h7-10,17H,2-6,11-16H2,1H3,(H,21,24)/t17-/m0/s1. The summed E-state index contributed by atoms with van der Waals surface area (Å²) in [4.78, 5) is 12.6. The largest absolute Gasteiger partial charge is 0.492 e. The number of rotatable bonds is 8. The van der Waals surface area contributed by atoms with Crippen molar-refractivity contribution in [1.82, 2.24) is 13.9 Å². The first-order valence-electron chi connectivity index (χ1n) is 10.6. The predicted octanol–water partition coefficient (Wildman–Crippen LogP) is 1.03. The van der Waals surface area contributed by atoms with Crippen molar-refractivity contribution >= 4 is 26.0 Å². The van der Waals surface area contributed by atoms with Crippen molar-refractivity contribution in [2.24, 2.45) is 5.92 Å². The molecule has 2 saturated heterocycles. The number of nitrogens with zero attached hydrogens (tertiary/aromatic N) is 2. The van der Waals surface area contributed by atoms with E-state index in [-0.39, 0.29) is 36.4 Å². The van der Waals surface area contributed by atoms with Gasteiger partial charge in [-0.1, -0.05) is 6.42 Å². The van der Waals surface area contributed by atoms with Gasteiger partial charge in [-0.2, -0.15) is 4.31 Å². The van der Waals surface area contributed by atoms with Crippen molar-refractivity contribution in [3.63, 3.8) is 0 Å². The molecule has 1 aromatic carbocycles. The number of sulfonamides is 2. The van der Waals surface area contributed by atoms with Crippen LogP contribution in [0.2, 0.25) is 0 Å². The lowest BCUT2D eigenvalue weighted by molar-refractivity contribution is -0.126. The third kappa shape index (κ3) is 6.41. The molecule has 0 aromatic heterocycles. The van der Waals surface area contributed by atoms with Crippen LogP contribution in [-0.2, 0) is 24.8 Å². The first-order chi connectivity index (χ1) is 14.7. The fraction of sp³-hybridized carbons (Fsp3) is 0.650. The smallest absolute Gasteiger partial charge is 0.243 e. The second-order valence-corrected chi connectivity index (χ2v) is 12.0. The van der Waals surface area contributed by atoms with E-state index in [1.807, 2.05) is 0 Å². The Hall–Kier alpha value is -1.69. The van der Waals surface area contributed by atoms with E-state index in [0.29, 0.717) is 38.2 Å². The second-order valence-electron chi connectivity index (χ2n) is 8.04. The number of ether oxygens (including phenoxy) is 1. The van der Waals surface area contributed by atoms with E-state index in [2.05, 4.69) is 5.32 Å². The molecular weight excluding hydrogens is 442 g/mol. The van der Waals surface area contributed by atoms with Gasteiger partial charge in [-0.15, -0.1) is 0 Å². The van der Waals surface area contributed by atoms with Crippen LogP contribution >= 0.6 is 0 Å². The quantitative estimate of drug-likeness (QED) is 0.564. The first kappa shape index (κ1) is 24.0. The summed E-state index contributed by atoms with van der Waals surface area (Å²) in [6, 6.07) is 6.31. The van der Waals surface area contributed by atoms with Crippen molar-refractivity contribution in [1.29, 1.82) is 0 Å². The van der Waals surface area contributed by atoms with Gasteiger partial charge in [0.15, 0.2) is 0 Å². The van der Waals surface area contributed by atoms with Crippen molar-refractivity contribution < 1.29 is 26.4 Å². The fourth-order valence-electron chi connectivity index (χ4n) is 3.91. The van der Waals surface area contributed by atoms with Crippen LogP contribution < -0.4 is 10.1 Å². The third-order valence-corrected chi connectivity index (χ3v) is 8.85. The highest BCUT2D eigenvalue weighted by atomic mass is 32.2. The van der Waals surface area contributed by atoms with Crippen molar-refractivity contribution in [2.45, 2.75) is 37.0 Å². The van der Waals surface area contributed by atoms with Gasteiger partial charge >= 0.3 is 0 Å². The molecule has 1 N–H and O–H groups in total. The minimum absolute atomic E-state index is 0.181. The molecule has 2 aliphatic rings. The molecule has 1 aromatic rings. The minimum Gasteiger partial charge on any atom is -0.492 e. The maximum atomic E-state index is 12.7. The molecule has 2 heterocycles. The average Bonchev–Trinajstić information content (AvgIpc) is 2.77. The molecule has 0 unspecified atom stereocenters. The number of amides is 1. The molecule has 0 aliphatic carbocycles. The van der Waals surface area contributed by atoms with Gasteiger partial charge in [-0.05, 0) is 49.9 Å². The van der Waals surface area contributed by atoms with Crippen molar-refractivity contribution in [2.75, 3.05) is 45.6 Å². The normalized spacial score (nSPS) is 21.5. The van der Waals surface area contributed by atoms with E-state index in [0.717, 1.165) is 25.5 Å². The van der Waals surface area contributed by atoms with Gasteiger partial charge < -0.3 is 10.1 Å². The fourth-order valence-corrected chi connectivity index (χ4v) is 6.34. The van der Waals surface area contributed by atoms with Crippen LogP contribution in [0, 0.1) is 5.92 Å². The van der Waals surface area contributed by atoms with Gasteiger partial charge in [-0.25, -0.2) is 21.1 Å². The van der Waals surface area contributed by atoms with Crippen LogP contribution in [0.15, 0.2) is 29.2 Å². The average molecular weight is 474 g/mol. The van der Waals surface area contributed by atoms with E-state index in [1.54, 1.807) is 24.3 Å². The number of hydrogen-bond acceptors (Lipinski definition) is 6. The van der Waals surface area contributed by atoms with E-state index in [4.69, 9.17) is 4.74 Å². The topological polar surface area (TPSA) is 113 Å². The highest BCUT2D eigenvalue weighted by Crippen LogP contribution is 2.23. The highest BCUT2D eigenvalue weighted by molar-refractivity contribution is 7.89. The number of nitrogens with one attached hydrogen (secondary N) is 1. The number of carbonyl (C=O) groups excluding carboxylic acids is 1. The van der Waals surface area contributed by atoms with Crippen LogP contribution in [-0.4, -0.2) is 76.9 Å². The molecule has 3 rings (SSSR count). The Morgan fingerprint density at radius 1 is 1.00 bits per heavy atom. The zero-order chi connectivity index (χ0) is 22.5. The van der Waals surface area contributed by atoms with E-state index < -0.39 is 20.0 Å². The highest BCUT2D eigenvalue weighted by Gasteiger charge is 2.30. The minimum atomic E-state index is -3.47. The Labute approximate surface area is 184 Å². The third-order valence-electron chi connectivity index (χ3n) is 5.67. The molecule has 0 spiro atoms. The molecule has 0 bridgehead atoms. The zero-order valence-corrected chi connectivity index (χ0v) is 19.5. The van der Waals surface area contributed by atoms with Crippen molar-refractivity contribution in [3.8, 4) is 5.75 Å². The van der Waals surface area contributed by atoms with Crippen LogP contribution in [0.4, 0.5) is 0 Å². The van der Waals surface area contributed by atoms with Crippen LogP contribution in [0.5, 0.6) is 5.75 Å². The lowest BCUT2D eigenvalue weighted by Gasteiger charge is -2.30. The van der Waals surface area contributed by atoms with Crippen molar-refractivity contribution in [3.05, 3.63) is 24.3 Å².